The summed E-state index contributed by atoms with van der Waals surface area (Å²) in [7, 11) is 0. The lowest BCUT2D eigenvalue weighted by atomic mass is 9.85. The van der Waals surface area contributed by atoms with Gasteiger partial charge in [-0.25, -0.2) is 0 Å². The molecule has 1 fully saturated rings. The maximum absolute atomic E-state index is 4.64. The minimum atomic E-state index is 0.408. The molecule has 1 saturated carbocycles. The van der Waals surface area contributed by atoms with Gasteiger partial charge in [-0.2, -0.15) is 5.10 Å². The molecule has 3 nitrogen and oxygen atoms in total. The molecule has 19 heavy (non-hydrogen) atoms. The second kappa shape index (κ2) is 6.08. The van der Waals surface area contributed by atoms with Crippen molar-refractivity contribution in [1.82, 2.24) is 15.1 Å². The summed E-state index contributed by atoms with van der Waals surface area (Å²) < 4.78 is 2.12. The number of hydrogen-bond donors (Lipinski definition) is 1. The SMILES string of the molecule is CCn1nc(C)c(C(C)NC2CCCCC2C)c1C. The minimum absolute atomic E-state index is 0.408. The maximum Gasteiger partial charge on any atom is 0.0644 e. The molecular weight excluding hydrogens is 234 g/mol. The van der Waals surface area contributed by atoms with Crippen LogP contribution in [0, 0.1) is 19.8 Å². The van der Waals surface area contributed by atoms with Crippen molar-refractivity contribution < 1.29 is 0 Å². The lowest BCUT2D eigenvalue weighted by Gasteiger charge is -2.32. The van der Waals surface area contributed by atoms with Crippen molar-refractivity contribution in [2.75, 3.05) is 0 Å². The summed E-state index contributed by atoms with van der Waals surface area (Å²) in [4.78, 5) is 0. The highest BCUT2D eigenvalue weighted by Crippen LogP contribution is 2.28. The van der Waals surface area contributed by atoms with E-state index in [1.54, 1.807) is 0 Å². The number of nitrogens with zero attached hydrogens (tertiary/aromatic N) is 2. The lowest BCUT2D eigenvalue weighted by Crippen LogP contribution is -2.39. The Kier molecular flexibility index (Phi) is 4.67. The van der Waals surface area contributed by atoms with Crippen molar-refractivity contribution in [1.29, 1.82) is 0 Å². The van der Waals surface area contributed by atoms with Crippen LogP contribution >= 0.6 is 0 Å². The Hall–Kier alpha value is -0.830. The van der Waals surface area contributed by atoms with Gasteiger partial charge in [0.25, 0.3) is 0 Å². The first-order valence-corrected chi connectivity index (χ1v) is 7.84. The van der Waals surface area contributed by atoms with Gasteiger partial charge in [0.05, 0.1) is 5.69 Å². The van der Waals surface area contributed by atoms with E-state index in [-0.39, 0.29) is 0 Å². The second-order valence-electron chi connectivity index (χ2n) is 6.16. The van der Waals surface area contributed by atoms with Crippen molar-refractivity contribution >= 4 is 0 Å². The number of hydrogen-bond acceptors (Lipinski definition) is 2. The molecule has 0 aromatic carbocycles. The molecule has 3 atom stereocenters. The fourth-order valence-corrected chi connectivity index (χ4v) is 3.61. The highest BCUT2D eigenvalue weighted by atomic mass is 15.3. The van der Waals surface area contributed by atoms with Crippen LogP contribution < -0.4 is 5.32 Å². The molecule has 3 unspecified atom stereocenters. The first-order chi connectivity index (χ1) is 9.04. The molecule has 0 saturated heterocycles. The summed E-state index contributed by atoms with van der Waals surface area (Å²) in [5.74, 6) is 0.804. The van der Waals surface area contributed by atoms with Gasteiger partial charge in [0, 0.05) is 29.9 Å². The first kappa shape index (κ1) is 14.6. The van der Waals surface area contributed by atoms with Crippen LogP contribution in [0.5, 0.6) is 0 Å². The van der Waals surface area contributed by atoms with Gasteiger partial charge in [-0.05, 0) is 46.5 Å². The molecule has 1 aromatic rings. The number of nitrogens with one attached hydrogen (secondary N) is 1. The van der Waals surface area contributed by atoms with Gasteiger partial charge in [0.1, 0.15) is 0 Å². The molecule has 0 amide bonds. The Morgan fingerprint density at radius 1 is 1.32 bits per heavy atom. The highest BCUT2D eigenvalue weighted by molar-refractivity contribution is 5.28. The maximum atomic E-state index is 4.64. The van der Waals surface area contributed by atoms with Gasteiger partial charge in [0.2, 0.25) is 0 Å². The molecule has 2 rings (SSSR count). The predicted molar refractivity (Wildman–Crippen MR) is 80.3 cm³/mol. The van der Waals surface area contributed by atoms with E-state index in [1.807, 2.05) is 0 Å². The van der Waals surface area contributed by atoms with Gasteiger partial charge in [-0.15, -0.1) is 0 Å². The molecule has 1 N–H and O–H groups in total. The van der Waals surface area contributed by atoms with E-state index in [9.17, 15) is 0 Å². The molecule has 108 valence electrons. The summed E-state index contributed by atoms with van der Waals surface area (Å²) in [5.41, 5.74) is 3.91. The molecule has 3 heteroatoms. The van der Waals surface area contributed by atoms with E-state index in [0.717, 1.165) is 12.5 Å². The van der Waals surface area contributed by atoms with Crippen LogP contribution in [-0.4, -0.2) is 15.8 Å². The van der Waals surface area contributed by atoms with Crippen LogP contribution in [0.3, 0.4) is 0 Å². The average molecular weight is 263 g/mol. The van der Waals surface area contributed by atoms with Crippen molar-refractivity contribution in [3.05, 3.63) is 17.0 Å². The van der Waals surface area contributed by atoms with Crippen molar-refractivity contribution in [3.8, 4) is 0 Å². The normalized spacial score (nSPS) is 25.5. The van der Waals surface area contributed by atoms with Gasteiger partial charge in [-0.3, -0.25) is 4.68 Å². The van der Waals surface area contributed by atoms with Crippen molar-refractivity contribution in [2.24, 2.45) is 5.92 Å². The summed E-state index contributed by atoms with van der Waals surface area (Å²) >= 11 is 0. The fourth-order valence-electron chi connectivity index (χ4n) is 3.61. The molecule has 1 aliphatic rings. The van der Waals surface area contributed by atoms with E-state index in [2.05, 4.69) is 49.7 Å². The van der Waals surface area contributed by atoms with Crippen LogP contribution in [-0.2, 0) is 6.54 Å². The Bertz CT molecular complexity index is 422. The minimum Gasteiger partial charge on any atom is -0.307 e. The van der Waals surface area contributed by atoms with E-state index < -0.39 is 0 Å². The fraction of sp³-hybridized carbons (Fsp3) is 0.812. The number of aromatic nitrogens is 2. The van der Waals surface area contributed by atoms with Gasteiger partial charge >= 0.3 is 0 Å². The lowest BCUT2D eigenvalue weighted by molar-refractivity contribution is 0.263. The molecular formula is C16H29N3. The van der Waals surface area contributed by atoms with Crippen LogP contribution in [0.25, 0.3) is 0 Å². The summed E-state index contributed by atoms with van der Waals surface area (Å²) in [5, 5.41) is 8.49. The molecule has 1 aromatic heterocycles. The van der Waals surface area contributed by atoms with Crippen LogP contribution in [0.15, 0.2) is 0 Å². The van der Waals surface area contributed by atoms with Crippen LogP contribution in [0.4, 0.5) is 0 Å². The first-order valence-electron chi connectivity index (χ1n) is 7.84. The third-order valence-electron chi connectivity index (χ3n) is 4.75. The largest absolute Gasteiger partial charge is 0.307 e. The van der Waals surface area contributed by atoms with Gasteiger partial charge in [0.15, 0.2) is 0 Å². The molecule has 0 aliphatic heterocycles. The average Bonchev–Trinajstić information content (AvgIpc) is 2.67. The van der Waals surface area contributed by atoms with Crippen molar-refractivity contribution in [2.45, 2.75) is 78.9 Å². The summed E-state index contributed by atoms with van der Waals surface area (Å²) in [6.45, 7) is 12.1. The van der Waals surface area contributed by atoms with Crippen molar-refractivity contribution in [3.63, 3.8) is 0 Å². The molecule has 1 aliphatic carbocycles. The molecule has 0 radical (unpaired) electrons. The summed E-state index contributed by atoms with van der Waals surface area (Å²) in [6, 6.07) is 1.08. The third kappa shape index (κ3) is 3.02. The standard InChI is InChI=1S/C16H29N3/c1-6-19-14(5)16(13(4)18-19)12(3)17-15-10-8-7-9-11(15)2/h11-12,15,17H,6-10H2,1-5H3. The molecule has 0 bridgehead atoms. The summed E-state index contributed by atoms with van der Waals surface area (Å²) in [6.07, 6.45) is 5.47. The monoisotopic (exact) mass is 263 g/mol. The predicted octanol–water partition coefficient (Wildman–Crippen LogP) is 3.75. The topological polar surface area (TPSA) is 29.9 Å². The number of rotatable bonds is 4. The van der Waals surface area contributed by atoms with E-state index in [1.165, 1.54) is 42.6 Å². The quantitative estimate of drug-likeness (QED) is 0.896. The zero-order valence-electron chi connectivity index (χ0n) is 13.2. The van der Waals surface area contributed by atoms with E-state index >= 15 is 0 Å². The molecule has 0 spiro atoms. The Labute approximate surface area is 117 Å². The van der Waals surface area contributed by atoms with Crippen LogP contribution in [0.2, 0.25) is 0 Å². The van der Waals surface area contributed by atoms with Gasteiger partial charge in [-0.1, -0.05) is 19.8 Å². The Balaban J connectivity index is 2.11. The smallest absolute Gasteiger partial charge is 0.0644 e. The Morgan fingerprint density at radius 2 is 2.00 bits per heavy atom. The van der Waals surface area contributed by atoms with E-state index in [0.29, 0.717) is 12.1 Å². The highest BCUT2D eigenvalue weighted by Gasteiger charge is 2.25. The molecule has 1 heterocycles. The second-order valence-corrected chi connectivity index (χ2v) is 6.16. The van der Waals surface area contributed by atoms with Crippen LogP contribution in [0.1, 0.15) is 69.4 Å². The number of aryl methyl sites for hydroxylation is 2. The van der Waals surface area contributed by atoms with E-state index in [4.69, 9.17) is 0 Å². The Morgan fingerprint density at radius 3 is 2.58 bits per heavy atom. The zero-order valence-corrected chi connectivity index (χ0v) is 13.2. The zero-order chi connectivity index (χ0) is 14.0. The third-order valence-corrected chi connectivity index (χ3v) is 4.75. The van der Waals surface area contributed by atoms with Gasteiger partial charge < -0.3 is 5.32 Å².